The molecule has 1 N–H and O–H groups in total. The number of hydrogen-bond acceptors (Lipinski definition) is 4. The number of urea groups is 1. The number of nitrogens with zero attached hydrogens (tertiary/aromatic N) is 4. The molecule has 168 valence electrons. The molecule has 2 aromatic carbocycles. The van der Waals surface area contributed by atoms with E-state index in [2.05, 4.69) is 5.32 Å². The molecule has 0 unspecified atom stereocenters. The Balaban J connectivity index is 1.92. The predicted octanol–water partition coefficient (Wildman–Crippen LogP) is 3.88. The van der Waals surface area contributed by atoms with Gasteiger partial charge in [0, 0.05) is 31.8 Å². The van der Waals surface area contributed by atoms with Gasteiger partial charge in [-0.15, -0.1) is 0 Å². The Labute approximate surface area is 188 Å². The highest BCUT2D eigenvalue weighted by Gasteiger charge is 2.23. The van der Waals surface area contributed by atoms with Crippen LogP contribution in [0.4, 0.5) is 10.6 Å². The van der Waals surface area contributed by atoms with E-state index in [1.54, 1.807) is 25.9 Å². The highest BCUT2D eigenvalue weighted by Crippen LogP contribution is 2.25. The number of rotatable bonds is 7. The van der Waals surface area contributed by atoms with Crippen molar-refractivity contribution >= 4 is 17.8 Å². The second-order valence-corrected chi connectivity index (χ2v) is 7.84. The Kier molecular flexibility index (Phi) is 7.14. The Morgan fingerprint density at radius 1 is 1.06 bits per heavy atom. The summed E-state index contributed by atoms with van der Waals surface area (Å²) in [7, 11) is 4.94. The van der Waals surface area contributed by atoms with E-state index >= 15 is 0 Å². The number of amides is 3. The van der Waals surface area contributed by atoms with Crippen LogP contribution in [-0.2, 0) is 4.79 Å². The molecular weight excluding hydrogens is 406 g/mol. The first kappa shape index (κ1) is 22.9. The van der Waals surface area contributed by atoms with E-state index in [1.807, 2.05) is 74.5 Å². The second-order valence-electron chi connectivity index (χ2n) is 7.84. The molecule has 1 heterocycles. The minimum Gasteiger partial charge on any atom is -0.497 e. The van der Waals surface area contributed by atoms with Crippen LogP contribution >= 0.6 is 0 Å². The number of benzene rings is 2. The normalized spacial score (nSPS) is 10.7. The van der Waals surface area contributed by atoms with Crippen LogP contribution in [0.15, 0.2) is 60.7 Å². The molecule has 3 rings (SSSR count). The Bertz CT molecular complexity index is 1060. The minimum absolute atomic E-state index is 0.0663. The molecule has 3 amide bonds. The number of hydrogen-bond donors (Lipinski definition) is 1. The number of carbonyl (C=O) groups excluding carboxylic acids is 2. The molecule has 0 aliphatic carbocycles. The lowest BCUT2D eigenvalue weighted by Gasteiger charge is -2.29. The van der Waals surface area contributed by atoms with Crippen molar-refractivity contribution in [1.82, 2.24) is 19.6 Å². The largest absolute Gasteiger partial charge is 0.497 e. The summed E-state index contributed by atoms with van der Waals surface area (Å²) in [4.78, 5) is 28.3. The zero-order valence-electron chi connectivity index (χ0n) is 19.1. The molecule has 0 bridgehead atoms. The minimum atomic E-state index is -0.303. The van der Waals surface area contributed by atoms with Crippen LogP contribution < -0.4 is 10.1 Å². The number of aromatic nitrogens is 2. The van der Waals surface area contributed by atoms with Crippen LogP contribution in [0.5, 0.6) is 5.75 Å². The quantitative estimate of drug-likeness (QED) is 0.611. The fourth-order valence-electron chi connectivity index (χ4n) is 3.21. The molecule has 0 aliphatic heterocycles. The molecule has 3 aromatic rings. The summed E-state index contributed by atoms with van der Waals surface area (Å²) >= 11 is 0. The molecule has 1 aromatic heterocycles. The van der Waals surface area contributed by atoms with Crippen molar-refractivity contribution in [2.45, 2.75) is 19.9 Å². The molecule has 0 spiro atoms. The van der Waals surface area contributed by atoms with Crippen molar-refractivity contribution in [3.8, 4) is 22.7 Å². The maximum atomic E-state index is 12.9. The van der Waals surface area contributed by atoms with E-state index in [4.69, 9.17) is 9.84 Å². The number of anilines is 1. The molecule has 32 heavy (non-hydrogen) atoms. The van der Waals surface area contributed by atoms with Gasteiger partial charge in [-0.2, -0.15) is 5.10 Å². The Morgan fingerprint density at radius 3 is 2.28 bits per heavy atom. The zero-order valence-corrected chi connectivity index (χ0v) is 19.1. The van der Waals surface area contributed by atoms with Gasteiger partial charge in [0.2, 0.25) is 5.91 Å². The van der Waals surface area contributed by atoms with Gasteiger partial charge in [-0.25, -0.2) is 9.48 Å². The van der Waals surface area contributed by atoms with Gasteiger partial charge in [-0.05, 0) is 38.1 Å². The van der Waals surface area contributed by atoms with Gasteiger partial charge in [0.15, 0.2) is 0 Å². The van der Waals surface area contributed by atoms with Crippen molar-refractivity contribution in [3.05, 3.63) is 60.7 Å². The number of carbonyl (C=O) groups is 2. The van der Waals surface area contributed by atoms with E-state index in [-0.39, 0.29) is 24.5 Å². The first-order valence-electron chi connectivity index (χ1n) is 10.4. The van der Waals surface area contributed by atoms with E-state index in [9.17, 15) is 9.59 Å². The lowest BCUT2D eigenvalue weighted by Crippen LogP contribution is -2.47. The van der Waals surface area contributed by atoms with Crippen LogP contribution in [0, 0.1) is 0 Å². The molecular formula is C24H29N5O3. The summed E-state index contributed by atoms with van der Waals surface area (Å²) in [6, 6.07) is 18.6. The monoisotopic (exact) mass is 435 g/mol. The molecule has 8 nitrogen and oxygen atoms in total. The van der Waals surface area contributed by atoms with E-state index < -0.39 is 0 Å². The van der Waals surface area contributed by atoms with Crippen molar-refractivity contribution in [2.75, 3.05) is 33.1 Å². The smallest absolute Gasteiger partial charge is 0.320 e. The molecule has 0 atom stereocenters. The maximum absolute atomic E-state index is 12.9. The van der Waals surface area contributed by atoms with Crippen LogP contribution in [0.25, 0.3) is 16.9 Å². The summed E-state index contributed by atoms with van der Waals surface area (Å²) in [6.07, 6.45) is 0. The summed E-state index contributed by atoms with van der Waals surface area (Å²) in [6.45, 7) is 3.69. The van der Waals surface area contributed by atoms with Crippen LogP contribution in [0.3, 0.4) is 0 Å². The number of nitrogens with one attached hydrogen (secondary N) is 1. The lowest BCUT2D eigenvalue weighted by molar-refractivity contribution is -0.117. The Morgan fingerprint density at radius 2 is 1.72 bits per heavy atom. The maximum Gasteiger partial charge on any atom is 0.320 e. The molecule has 0 fully saturated rings. The first-order chi connectivity index (χ1) is 15.3. The van der Waals surface area contributed by atoms with Gasteiger partial charge in [0.05, 0.1) is 18.5 Å². The van der Waals surface area contributed by atoms with Crippen molar-refractivity contribution in [3.63, 3.8) is 0 Å². The Hall–Kier alpha value is -3.81. The fourth-order valence-corrected chi connectivity index (χ4v) is 3.21. The zero-order chi connectivity index (χ0) is 23.3. The summed E-state index contributed by atoms with van der Waals surface area (Å²) in [5.41, 5.74) is 2.43. The van der Waals surface area contributed by atoms with E-state index in [1.165, 1.54) is 9.80 Å². The van der Waals surface area contributed by atoms with Gasteiger partial charge in [0.1, 0.15) is 18.1 Å². The van der Waals surface area contributed by atoms with Gasteiger partial charge < -0.3 is 19.9 Å². The third-order valence-electron chi connectivity index (χ3n) is 4.93. The topological polar surface area (TPSA) is 79.7 Å². The van der Waals surface area contributed by atoms with Crippen molar-refractivity contribution in [2.24, 2.45) is 0 Å². The van der Waals surface area contributed by atoms with Gasteiger partial charge in [-0.3, -0.25) is 4.79 Å². The van der Waals surface area contributed by atoms with Crippen LogP contribution in [0.1, 0.15) is 13.8 Å². The molecule has 8 heteroatoms. The second kappa shape index (κ2) is 10.00. The highest BCUT2D eigenvalue weighted by atomic mass is 16.5. The fraction of sp³-hybridized carbons (Fsp3) is 0.292. The van der Waals surface area contributed by atoms with Crippen LogP contribution in [0.2, 0.25) is 0 Å². The van der Waals surface area contributed by atoms with Gasteiger partial charge in [-0.1, -0.05) is 30.3 Å². The first-order valence-corrected chi connectivity index (χ1v) is 10.4. The third-order valence-corrected chi connectivity index (χ3v) is 4.93. The summed E-state index contributed by atoms with van der Waals surface area (Å²) < 4.78 is 6.92. The number of methoxy groups -OCH3 is 1. The van der Waals surface area contributed by atoms with Crippen LogP contribution in [-0.4, -0.2) is 65.3 Å². The standard InChI is InChI=1S/C24H29N5O3/c1-17(2)28(24(31)27(3)4)16-23(30)25-22-15-21(18-9-7-6-8-10-18)26-29(22)19-11-13-20(32-5)14-12-19/h6-15,17H,16H2,1-5H3,(H,25,30). The predicted molar refractivity (Wildman–Crippen MR) is 125 cm³/mol. The average molecular weight is 436 g/mol. The van der Waals surface area contributed by atoms with Crippen molar-refractivity contribution in [1.29, 1.82) is 0 Å². The molecule has 0 radical (unpaired) electrons. The van der Waals surface area contributed by atoms with Gasteiger partial charge >= 0.3 is 6.03 Å². The number of ether oxygens (including phenoxy) is 1. The molecule has 0 aliphatic rings. The summed E-state index contributed by atoms with van der Waals surface area (Å²) in [5, 5.41) is 7.63. The SMILES string of the molecule is COc1ccc(-n2nc(-c3ccccc3)cc2NC(=O)CN(C(=O)N(C)C)C(C)C)cc1. The average Bonchev–Trinajstić information content (AvgIpc) is 3.21. The molecule has 0 saturated carbocycles. The molecule has 0 saturated heterocycles. The van der Waals surface area contributed by atoms with Crippen molar-refractivity contribution < 1.29 is 14.3 Å². The summed E-state index contributed by atoms with van der Waals surface area (Å²) in [5.74, 6) is 0.938. The van der Waals surface area contributed by atoms with Gasteiger partial charge in [0.25, 0.3) is 0 Å². The lowest BCUT2D eigenvalue weighted by atomic mass is 10.1. The highest BCUT2D eigenvalue weighted by molar-refractivity contribution is 5.94. The van der Waals surface area contributed by atoms with E-state index in [0.717, 1.165) is 22.7 Å². The van der Waals surface area contributed by atoms with E-state index in [0.29, 0.717) is 5.82 Å². The third kappa shape index (κ3) is 5.26.